The lowest BCUT2D eigenvalue weighted by Crippen LogP contribution is -2.17. The second-order valence-electron chi connectivity index (χ2n) is 3.44. The van der Waals surface area contributed by atoms with Crippen molar-refractivity contribution in [3.8, 4) is 0 Å². The lowest BCUT2D eigenvalue weighted by molar-refractivity contribution is 0.216. The maximum Gasteiger partial charge on any atom is 0.120 e. The Balaban J connectivity index is 2.38. The summed E-state index contributed by atoms with van der Waals surface area (Å²) in [5, 5.41) is 10.1. The van der Waals surface area contributed by atoms with Crippen molar-refractivity contribution in [2.45, 2.75) is 6.10 Å². The highest BCUT2D eigenvalue weighted by molar-refractivity contribution is 9.10. The van der Waals surface area contributed by atoms with Gasteiger partial charge in [0.2, 0.25) is 0 Å². The fraction of sp³-hybridized carbons (Fsp3) is 0.0833. The molecule has 0 aliphatic carbocycles. The quantitative estimate of drug-likeness (QED) is 0.846. The Morgan fingerprint density at radius 1 is 1.25 bits per heavy atom. The first-order valence-corrected chi connectivity index (χ1v) is 5.61. The van der Waals surface area contributed by atoms with Crippen LogP contribution in [0.2, 0.25) is 0 Å². The molecule has 0 spiro atoms. The molecule has 2 radical (unpaired) electrons. The topological polar surface area (TPSA) is 33.1 Å². The van der Waals surface area contributed by atoms with Crippen molar-refractivity contribution >= 4 is 29.2 Å². The van der Waals surface area contributed by atoms with Crippen LogP contribution >= 0.6 is 15.9 Å². The summed E-state index contributed by atoms with van der Waals surface area (Å²) < 4.78 is 0.800. The lowest BCUT2D eigenvalue weighted by atomic mass is 9.90. The zero-order chi connectivity index (χ0) is 11.5. The molecule has 0 aliphatic rings. The van der Waals surface area contributed by atoms with Gasteiger partial charge in [-0.25, -0.2) is 0 Å². The van der Waals surface area contributed by atoms with Crippen molar-refractivity contribution in [1.29, 1.82) is 0 Å². The molecule has 1 atom stereocenters. The molecule has 0 bridgehead atoms. The van der Waals surface area contributed by atoms with Crippen LogP contribution in [0.1, 0.15) is 17.4 Å². The molecule has 0 aliphatic heterocycles. The first-order chi connectivity index (χ1) is 7.68. The maximum absolute atomic E-state index is 10.1. The third-order valence-electron chi connectivity index (χ3n) is 2.29. The molecule has 1 unspecified atom stereocenters. The van der Waals surface area contributed by atoms with Crippen molar-refractivity contribution in [2.75, 3.05) is 0 Å². The van der Waals surface area contributed by atoms with Gasteiger partial charge in [0.25, 0.3) is 0 Å². The number of aromatic nitrogens is 1. The molecule has 2 rings (SSSR count). The van der Waals surface area contributed by atoms with E-state index in [-0.39, 0.29) is 0 Å². The van der Waals surface area contributed by atoms with Gasteiger partial charge in [0.1, 0.15) is 14.0 Å². The van der Waals surface area contributed by atoms with E-state index in [2.05, 4.69) is 20.9 Å². The van der Waals surface area contributed by atoms with Crippen LogP contribution in [-0.2, 0) is 0 Å². The van der Waals surface area contributed by atoms with Crippen LogP contribution in [0.4, 0.5) is 0 Å². The molecule has 0 saturated heterocycles. The number of benzene rings is 1. The molecule has 16 heavy (non-hydrogen) atoms. The number of aliphatic hydroxyl groups excluding tert-OH is 1. The van der Waals surface area contributed by atoms with E-state index in [0.717, 1.165) is 10.0 Å². The molecule has 1 aromatic carbocycles. The number of nitrogens with zero attached hydrogens (tertiary/aromatic N) is 1. The highest BCUT2D eigenvalue weighted by atomic mass is 79.9. The molecule has 0 fully saturated rings. The van der Waals surface area contributed by atoms with Crippen molar-refractivity contribution in [3.05, 3.63) is 58.3 Å². The average Bonchev–Trinajstić information content (AvgIpc) is 2.29. The lowest BCUT2D eigenvalue weighted by Gasteiger charge is -2.13. The summed E-state index contributed by atoms with van der Waals surface area (Å²) in [7, 11) is 5.81. The van der Waals surface area contributed by atoms with Crippen molar-refractivity contribution in [1.82, 2.24) is 4.98 Å². The smallest absolute Gasteiger partial charge is 0.120 e. The standard InChI is InChI=1S/C12H9BBrNO/c13-10-6-9(14)7-15-11(10)12(16)8-4-2-1-3-5-8/h1-7,12,16H. The Morgan fingerprint density at radius 2 is 1.94 bits per heavy atom. The number of halogens is 1. The van der Waals surface area contributed by atoms with E-state index < -0.39 is 6.10 Å². The number of hydrogen-bond acceptors (Lipinski definition) is 2. The Hall–Kier alpha value is -1.13. The molecule has 0 amide bonds. The fourth-order valence-electron chi connectivity index (χ4n) is 1.49. The van der Waals surface area contributed by atoms with Gasteiger partial charge >= 0.3 is 0 Å². The summed E-state index contributed by atoms with van der Waals surface area (Å²) in [5.74, 6) is 0. The van der Waals surface area contributed by atoms with Gasteiger partial charge in [-0.05, 0) is 21.5 Å². The van der Waals surface area contributed by atoms with Crippen LogP contribution < -0.4 is 5.46 Å². The first-order valence-electron chi connectivity index (χ1n) is 4.82. The number of hydrogen-bond donors (Lipinski definition) is 1. The minimum atomic E-state index is -0.783. The molecule has 1 N–H and O–H groups in total. The normalized spacial score (nSPS) is 12.4. The molecule has 2 nitrogen and oxygen atoms in total. The Kier molecular flexibility index (Phi) is 3.41. The molecule has 0 saturated carbocycles. The third-order valence-corrected chi connectivity index (χ3v) is 2.72. The fourth-order valence-corrected chi connectivity index (χ4v) is 1.84. The highest BCUT2D eigenvalue weighted by Gasteiger charge is 2.13. The monoisotopic (exact) mass is 273 g/mol. The van der Waals surface area contributed by atoms with Crippen LogP contribution in [0, 0.1) is 0 Å². The molecular formula is C12H9BBrNO. The summed E-state index contributed by atoms with van der Waals surface area (Å²) in [6.07, 6.45) is 0.840. The molecule has 78 valence electrons. The van der Waals surface area contributed by atoms with Gasteiger partial charge < -0.3 is 5.11 Å². The number of pyridine rings is 1. The summed E-state index contributed by atoms with van der Waals surface area (Å²) >= 11 is 3.28. The summed E-state index contributed by atoms with van der Waals surface area (Å²) in [5.41, 5.74) is 1.74. The predicted octanol–water partition coefficient (Wildman–Crippen LogP) is 1.72. The Morgan fingerprint density at radius 3 is 2.56 bits per heavy atom. The van der Waals surface area contributed by atoms with Crippen molar-refractivity contribution < 1.29 is 5.11 Å². The second-order valence-corrected chi connectivity index (χ2v) is 4.36. The molecular weight excluding hydrogens is 265 g/mol. The SMILES string of the molecule is [B]c1cc(Br)cnc1C(O)c1ccccc1. The van der Waals surface area contributed by atoms with Crippen LogP contribution in [0.3, 0.4) is 0 Å². The predicted molar refractivity (Wildman–Crippen MR) is 67.8 cm³/mol. The third kappa shape index (κ3) is 2.34. The van der Waals surface area contributed by atoms with E-state index in [1.54, 1.807) is 12.3 Å². The van der Waals surface area contributed by atoms with E-state index >= 15 is 0 Å². The number of rotatable bonds is 2. The minimum absolute atomic E-state index is 0.478. The summed E-state index contributed by atoms with van der Waals surface area (Å²) in [6.45, 7) is 0. The maximum atomic E-state index is 10.1. The zero-order valence-electron chi connectivity index (χ0n) is 8.47. The highest BCUT2D eigenvalue weighted by Crippen LogP contribution is 2.19. The van der Waals surface area contributed by atoms with Crippen LogP contribution in [-0.4, -0.2) is 17.9 Å². The zero-order valence-corrected chi connectivity index (χ0v) is 10.1. The minimum Gasteiger partial charge on any atom is -0.382 e. The van der Waals surface area contributed by atoms with Gasteiger partial charge in [-0.3, -0.25) is 4.98 Å². The van der Waals surface area contributed by atoms with Crippen LogP contribution in [0.5, 0.6) is 0 Å². The van der Waals surface area contributed by atoms with Gasteiger partial charge in [-0.15, -0.1) is 0 Å². The number of aliphatic hydroxyl groups is 1. The van der Waals surface area contributed by atoms with Crippen LogP contribution in [0.15, 0.2) is 47.1 Å². The van der Waals surface area contributed by atoms with Gasteiger partial charge in [-0.1, -0.05) is 41.9 Å². The first kappa shape index (κ1) is 11.4. The molecule has 2 aromatic rings. The molecule has 1 aromatic heterocycles. The van der Waals surface area contributed by atoms with E-state index in [4.69, 9.17) is 7.85 Å². The van der Waals surface area contributed by atoms with Gasteiger partial charge in [0.15, 0.2) is 0 Å². The van der Waals surface area contributed by atoms with E-state index in [0.29, 0.717) is 11.2 Å². The summed E-state index contributed by atoms with van der Waals surface area (Å²) in [4.78, 5) is 4.13. The van der Waals surface area contributed by atoms with E-state index in [1.165, 1.54) is 0 Å². The summed E-state index contributed by atoms with van der Waals surface area (Å²) in [6, 6.07) is 11.0. The van der Waals surface area contributed by atoms with Crippen LogP contribution in [0.25, 0.3) is 0 Å². The van der Waals surface area contributed by atoms with Crippen molar-refractivity contribution in [3.63, 3.8) is 0 Å². The Bertz CT molecular complexity index is 490. The van der Waals surface area contributed by atoms with Gasteiger partial charge in [-0.2, -0.15) is 0 Å². The van der Waals surface area contributed by atoms with Gasteiger partial charge in [0.05, 0.1) is 5.69 Å². The Labute approximate surface area is 104 Å². The van der Waals surface area contributed by atoms with E-state index in [9.17, 15) is 5.11 Å². The van der Waals surface area contributed by atoms with E-state index in [1.807, 2.05) is 30.3 Å². The van der Waals surface area contributed by atoms with Crippen molar-refractivity contribution in [2.24, 2.45) is 0 Å². The molecule has 4 heteroatoms. The second kappa shape index (κ2) is 4.81. The average molecular weight is 274 g/mol. The largest absolute Gasteiger partial charge is 0.382 e. The van der Waals surface area contributed by atoms with Gasteiger partial charge in [0, 0.05) is 10.7 Å². The molecule has 1 heterocycles.